The van der Waals surface area contributed by atoms with Crippen LogP contribution in [0.5, 0.6) is 0 Å². The third kappa shape index (κ3) is 9.74. The normalized spacial score (nSPS) is 14.1. The third-order valence-electron chi connectivity index (χ3n) is 2.33. The lowest BCUT2D eigenvalue weighted by atomic mass is 10.4. The summed E-state index contributed by atoms with van der Waals surface area (Å²) in [6, 6.07) is 0. The summed E-state index contributed by atoms with van der Waals surface area (Å²) in [7, 11) is 0. The molecule has 0 saturated carbocycles. The van der Waals surface area contributed by atoms with E-state index in [1.807, 2.05) is 12.5 Å². The van der Waals surface area contributed by atoms with Crippen molar-refractivity contribution in [1.82, 2.24) is 9.32 Å². The Morgan fingerprint density at radius 1 is 1.06 bits per heavy atom. The van der Waals surface area contributed by atoms with Gasteiger partial charge in [-0.15, -0.1) is 0 Å². The van der Waals surface area contributed by atoms with E-state index < -0.39 is 0 Å². The topological polar surface area (TPSA) is 40.6 Å². The van der Waals surface area contributed by atoms with Gasteiger partial charge in [0, 0.05) is 24.6 Å². The predicted octanol–water partition coefficient (Wildman–Crippen LogP) is 2.62. The van der Waals surface area contributed by atoms with Gasteiger partial charge in [0.25, 0.3) is 0 Å². The Hall–Kier alpha value is -0.260. The van der Waals surface area contributed by atoms with Crippen molar-refractivity contribution in [2.24, 2.45) is 0 Å². The van der Waals surface area contributed by atoms with Crippen LogP contribution in [-0.2, 0) is 9.59 Å². The Bertz CT molecular complexity index is 215. The van der Waals surface area contributed by atoms with Crippen molar-refractivity contribution in [2.75, 3.05) is 32.1 Å². The molecule has 6 heteroatoms. The first kappa shape index (κ1) is 20.1. The second kappa shape index (κ2) is 13.2. The van der Waals surface area contributed by atoms with E-state index in [0.29, 0.717) is 4.42 Å². The van der Waals surface area contributed by atoms with Crippen LogP contribution in [0.15, 0.2) is 0 Å². The van der Waals surface area contributed by atoms with Crippen LogP contribution in [0.2, 0.25) is 0 Å². The van der Waals surface area contributed by atoms with Crippen LogP contribution in [-0.4, -0.2) is 53.3 Å². The molecule has 18 heavy (non-hydrogen) atoms. The number of carbonyl (C=O) groups excluding carboxylic acids is 2. The number of halogens is 1. The van der Waals surface area contributed by atoms with E-state index in [2.05, 4.69) is 25.7 Å². The van der Waals surface area contributed by atoms with E-state index in [9.17, 15) is 9.59 Å². The molecular weight excluding hydrogens is 272 g/mol. The average Bonchev–Trinajstić information content (AvgIpc) is 2.65. The van der Waals surface area contributed by atoms with Crippen LogP contribution in [0, 0.1) is 0 Å². The summed E-state index contributed by atoms with van der Waals surface area (Å²) < 4.78 is 0.639. The zero-order valence-electron chi connectivity index (χ0n) is 12.0. The molecule has 0 radical (unpaired) electrons. The molecule has 1 heterocycles. The number of carbonyl (C=O) groups is 2. The maximum atomic E-state index is 10.4. The highest BCUT2D eigenvalue weighted by atomic mass is 35.5. The molecule has 0 aromatic rings. The summed E-state index contributed by atoms with van der Waals surface area (Å²) >= 11 is 6.90. The fourth-order valence-electron chi connectivity index (χ4n) is 1.22. The molecule has 0 N–H and O–H groups in total. The van der Waals surface area contributed by atoms with Crippen molar-refractivity contribution in [3.63, 3.8) is 0 Å². The fraction of sp³-hybridized carbons (Fsp3) is 0.833. The van der Waals surface area contributed by atoms with Crippen LogP contribution in [0.25, 0.3) is 0 Å². The minimum atomic E-state index is -0.295. The van der Waals surface area contributed by atoms with Crippen molar-refractivity contribution >= 4 is 35.4 Å². The first-order valence-electron chi connectivity index (χ1n) is 6.12. The lowest BCUT2D eigenvalue weighted by Crippen LogP contribution is -2.21. The summed E-state index contributed by atoms with van der Waals surface area (Å²) in [6.45, 7) is 10.1. The number of hydrogen-bond donors (Lipinski definition) is 0. The summed E-state index contributed by atoms with van der Waals surface area (Å²) in [5.74, 6) is -0.590. The minimum Gasteiger partial charge on any atom is -0.304 e. The molecule has 0 aromatic heterocycles. The van der Waals surface area contributed by atoms with Gasteiger partial charge in [0.15, 0.2) is 0 Å². The van der Waals surface area contributed by atoms with Crippen molar-refractivity contribution in [1.29, 1.82) is 0 Å². The van der Waals surface area contributed by atoms with Crippen LogP contribution in [0.3, 0.4) is 0 Å². The number of nitrogens with zero attached hydrogens (tertiary/aromatic N) is 2. The van der Waals surface area contributed by atoms with Gasteiger partial charge in [-0.2, -0.15) is 16.2 Å². The van der Waals surface area contributed by atoms with E-state index in [-0.39, 0.29) is 24.7 Å². The smallest absolute Gasteiger partial charge is 0.244 e. The van der Waals surface area contributed by atoms with Crippen molar-refractivity contribution in [3.8, 4) is 0 Å². The van der Waals surface area contributed by atoms with E-state index in [0.717, 1.165) is 0 Å². The minimum absolute atomic E-state index is 0.266. The van der Waals surface area contributed by atoms with Gasteiger partial charge in [-0.1, -0.05) is 20.8 Å². The van der Waals surface area contributed by atoms with Gasteiger partial charge in [-0.05, 0) is 32.1 Å². The fourth-order valence-corrected chi connectivity index (χ4v) is 1.39. The SMILES string of the molecule is CCN(CC)CC.CSC.O=C1CCC(=O)N1Cl. The molecule has 0 aliphatic carbocycles. The third-order valence-corrected chi connectivity index (χ3v) is 2.71. The number of rotatable bonds is 3. The van der Waals surface area contributed by atoms with Gasteiger partial charge in [0.05, 0.1) is 0 Å². The molecule has 1 rings (SSSR count). The maximum absolute atomic E-state index is 10.4. The summed E-state index contributed by atoms with van der Waals surface area (Å²) in [4.78, 5) is 23.1. The van der Waals surface area contributed by atoms with Gasteiger partial charge in [0.1, 0.15) is 0 Å². The van der Waals surface area contributed by atoms with Crippen LogP contribution >= 0.6 is 23.5 Å². The molecule has 1 fully saturated rings. The van der Waals surface area contributed by atoms with Crippen LogP contribution in [0.4, 0.5) is 0 Å². The Morgan fingerprint density at radius 2 is 1.33 bits per heavy atom. The van der Waals surface area contributed by atoms with Crippen molar-refractivity contribution < 1.29 is 9.59 Å². The Morgan fingerprint density at radius 3 is 1.39 bits per heavy atom. The van der Waals surface area contributed by atoms with Crippen LogP contribution < -0.4 is 0 Å². The van der Waals surface area contributed by atoms with E-state index in [1.54, 1.807) is 11.8 Å². The molecule has 108 valence electrons. The first-order valence-corrected chi connectivity index (χ1v) is 8.09. The standard InChI is InChI=1S/C6H15N.C4H4ClNO2.C2H6S/c1-4-7(5-2)6-3;5-6-3(7)1-2-4(6)8;1-3-2/h4-6H2,1-3H3;1-2H2;1-2H3. The predicted molar refractivity (Wildman–Crippen MR) is 79.8 cm³/mol. The molecule has 1 saturated heterocycles. The summed E-state index contributed by atoms with van der Waals surface area (Å²) in [6.07, 6.45) is 4.62. The molecule has 2 amide bonds. The highest BCUT2D eigenvalue weighted by Gasteiger charge is 2.26. The first-order chi connectivity index (χ1) is 8.48. The highest BCUT2D eigenvalue weighted by Crippen LogP contribution is 2.12. The maximum Gasteiger partial charge on any atom is 0.244 e. The molecule has 1 aliphatic rings. The largest absolute Gasteiger partial charge is 0.304 e. The molecule has 0 spiro atoms. The monoisotopic (exact) mass is 296 g/mol. The number of imide groups is 1. The van der Waals surface area contributed by atoms with E-state index in [4.69, 9.17) is 11.8 Å². The Kier molecular flexibility index (Phi) is 14.7. The van der Waals surface area contributed by atoms with Crippen molar-refractivity contribution in [3.05, 3.63) is 0 Å². The van der Waals surface area contributed by atoms with Gasteiger partial charge >= 0.3 is 0 Å². The second-order valence-corrected chi connectivity index (χ2v) is 4.75. The quantitative estimate of drug-likeness (QED) is 0.593. The van der Waals surface area contributed by atoms with Gasteiger partial charge in [-0.3, -0.25) is 9.59 Å². The van der Waals surface area contributed by atoms with Crippen molar-refractivity contribution in [2.45, 2.75) is 33.6 Å². The average molecular weight is 297 g/mol. The lowest BCUT2D eigenvalue weighted by Gasteiger charge is -2.13. The molecule has 0 bridgehead atoms. The molecular formula is C12H25ClN2O2S. The molecule has 4 nitrogen and oxygen atoms in total. The van der Waals surface area contributed by atoms with Crippen LogP contribution in [0.1, 0.15) is 33.6 Å². The summed E-state index contributed by atoms with van der Waals surface area (Å²) in [5, 5.41) is 0. The molecule has 0 unspecified atom stereocenters. The number of thioether (sulfide) groups is 1. The number of hydrogen-bond acceptors (Lipinski definition) is 4. The molecule has 1 aliphatic heterocycles. The van der Waals surface area contributed by atoms with E-state index >= 15 is 0 Å². The van der Waals surface area contributed by atoms with Gasteiger partial charge < -0.3 is 4.90 Å². The molecule has 0 aromatic carbocycles. The number of amides is 2. The van der Waals surface area contributed by atoms with E-state index in [1.165, 1.54) is 19.6 Å². The second-order valence-electron chi connectivity index (χ2n) is 3.60. The van der Waals surface area contributed by atoms with Gasteiger partial charge in [0.2, 0.25) is 11.8 Å². The Balaban J connectivity index is 0. The highest BCUT2D eigenvalue weighted by molar-refractivity contribution is 7.97. The summed E-state index contributed by atoms with van der Waals surface area (Å²) in [5.41, 5.74) is 0. The Labute approximate surface area is 120 Å². The zero-order chi connectivity index (χ0) is 14.6. The zero-order valence-corrected chi connectivity index (χ0v) is 13.6. The molecule has 0 atom stereocenters. The lowest BCUT2D eigenvalue weighted by molar-refractivity contribution is -0.132. The van der Waals surface area contributed by atoms with Gasteiger partial charge in [-0.25, -0.2) is 0 Å².